The van der Waals surface area contributed by atoms with Crippen molar-refractivity contribution < 1.29 is 9.72 Å². The van der Waals surface area contributed by atoms with Gasteiger partial charge in [0.1, 0.15) is 5.82 Å². The zero-order valence-electron chi connectivity index (χ0n) is 11.0. The van der Waals surface area contributed by atoms with E-state index in [1.54, 1.807) is 19.2 Å². The first kappa shape index (κ1) is 14.9. The Hall–Kier alpha value is -2.54. The van der Waals surface area contributed by atoms with Crippen LogP contribution in [0.2, 0.25) is 5.02 Å². The number of nitrogens with one attached hydrogen (secondary N) is 1. The molecule has 0 radical (unpaired) electrons. The van der Waals surface area contributed by atoms with Gasteiger partial charge in [0.25, 0.3) is 11.6 Å². The van der Waals surface area contributed by atoms with Crippen molar-refractivity contribution in [2.75, 3.05) is 0 Å². The monoisotopic (exact) mass is 306 g/mol. The fourth-order valence-corrected chi connectivity index (χ4v) is 1.93. The molecular formula is C13H11ClN4O3. The van der Waals surface area contributed by atoms with Crippen LogP contribution >= 0.6 is 11.6 Å². The number of carbonyl (C=O) groups excluding carboxylic acids is 1. The molecule has 21 heavy (non-hydrogen) atoms. The van der Waals surface area contributed by atoms with Crippen LogP contribution in [0.25, 0.3) is 0 Å². The summed E-state index contributed by atoms with van der Waals surface area (Å²) in [5.74, 6) is 0.182. The Morgan fingerprint density at radius 2 is 2.19 bits per heavy atom. The molecule has 108 valence electrons. The van der Waals surface area contributed by atoms with Crippen molar-refractivity contribution in [1.82, 2.24) is 15.3 Å². The van der Waals surface area contributed by atoms with Gasteiger partial charge in [0.2, 0.25) is 0 Å². The number of rotatable bonds is 4. The fraction of sp³-hybridized carbons (Fsp3) is 0.154. The first-order chi connectivity index (χ1) is 9.97. The predicted octanol–water partition coefficient (Wildman–Crippen LogP) is 2.28. The third-order valence-corrected chi connectivity index (χ3v) is 2.98. The smallest absolute Gasteiger partial charge is 0.270 e. The summed E-state index contributed by atoms with van der Waals surface area (Å²) in [6, 6.07) is 5.38. The standard InChI is InChI=1S/C13H11ClN4O3/c1-8-15-5-4-9(17-8)7-16-13(19)11-3-2-10(18(20)21)6-12(11)14/h2-6H,7H2,1H3,(H,16,19). The number of hydrogen-bond acceptors (Lipinski definition) is 5. The lowest BCUT2D eigenvalue weighted by atomic mass is 10.2. The zero-order chi connectivity index (χ0) is 15.4. The minimum atomic E-state index is -0.572. The van der Waals surface area contributed by atoms with Gasteiger partial charge in [0.05, 0.1) is 27.7 Å². The summed E-state index contributed by atoms with van der Waals surface area (Å²) in [4.78, 5) is 30.1. The van der Waals surface area contributed by atoms with E-state index in [4.69, 9.17) is 11.6 Å². The lowest BCUT2D eigenvalue weighted by Crippen LogP contribution is -2.23. The van der Waals surface area contributed by atoms with Crippen molar-refractivity contribution in [3.05, 3.63) is 62.7 Å². The van der Waals surface area contributed by atoms with Crippen molar-refractivity contribution in [2.45, 2.75) is 13.5 Å². The summed E-state index contributed by atoms with van der Waals surface area (Å²) in [5.41, 5.74) is 0.671. The molecule has 1 aromatic heterocycles. The number of nitrogens with zero attached hydrogens (tertiary/aromatic N) is 3. The minimum absolute atomic E-state index is 0.0283. The van der Waals surface area contributed by atoms with Crippen molar-refractivity contribution >= 4 is 23.2 Å². The molecule has 0 aliphatic heterocycles. The predicted molar refractivity (Wildman–Crippen MR) is 76.0 cm³/mol. The van der Waals surface area contributed by atoms with Gasteiger partial charge in [-0.1, -0.05) is 11.6 Å². The van der Waals surface area contributed by atoms with E-state index < -0.39 is 10.8 Å². The molecule has 2 rings (SSSR count). The van der Waals surface area contributed by atoms with E-state index in [-0.39, 0.29) is 22.8 Å². The van der Waals surface area contributed by atoms with Crippen LogP contribution in [0.1, 0.15) is 21.9 Å². The highest BCUT2D eigenvalue weighted by Crippen LogP contribution is 2.22. The minimum Gasteiger partial charge on any atom is -0.346 e. The first-order valence-corrected chi connectivity index (χ1v) is 6.36. The molecule has 0 bridgehead atoms. The van der Waals surface area contributed by atoms with E-state index in [2.05, 4.69) is 15.3 Å². The van der Waals surface area contributed by atoms with Crippen molar-refractivity contribution in [3.8, 4) is 0 Å². The molecule has 0 unspecified atom stereocenters. The number of amides is 1. The number of halogens is 1. The molecule has 1 amide bonds. The third-order valence-electron chi connectivity index (χ3n) is 2.67. The molecule has 8 heteroatoms. The maximum absolute atomic E-state index is 12.0. The summed E-state index contributed by atoms with van der Waals surface area (Å²) in [5, 5.41) is 13.3. The molecule has 7 nitrogen and oxygen atoms in total. The first-order valence-electron chi connectivity index (χ1n) is 5.98. The van der Waals surface area contributed by atoms with Crippen LogP contribution in [0.4, 0.5) is 5.69 Å². The maximum atomic E-state index is 12.0. The molecule has 1 N–H and O–H groups in total. The van der Waals surface area contributed by atoms with Gasteiger partial charge in [0.15, 0.2) is 0 Å². The number of non-ortho nitro benzene ring substituents is 1. The normalized spacial score (nSPS) is 10.2. The Morgan fingerprint density at radius 1 is 1.43 bits per heavy atom. The average molecular weight is 307 g/mol. The zero-order valence-corrected chi connectivity index (χ0v) is 11.8. The highest BCUT2D eigenvalue weighted by Gasteiger charge is 2.14. The van der Waals surface area contributed by atoms with Gasteiger partial charge in [-0.05, 0) is 19.1 Å². The number of aromatic nitrogens is 2. The number of nitro benzene ring substituents is 1. The van der Waals surface area contributed by atoms with Crippen LogP contribution in [0.3, 0.4) is 0 Å². The number of nitro groups is 1. The second-order valence-electron chi connectivity index (χ2n) is 4.20. The summed E-state index contributed by atoms with van der Waals surface area (Å²) in [6.07, 6.45) is 1.60. The van der Waals surface area contributed by atoms with E-state index >= 15 is 0 Å². The summed E-state index contributed by atoms with van der Waals surface area (Å²) in [6.45, 7) is 1.97. The Bertz CT molecular complexity index is 706. The lowest BCUT2D eigenvalue weighted by molar-refractivity contribution is -0.384. The average Bonchev–Trinajstić information content (AvgIpc) is 2.44. The number of benzene rings is 1. The molecule has 2 aromatic rings. The van der Waals surface area contributed by atoms with Gasteiger partial charge in [-0.3, -0.25) is 14.9 Å². The van der Waals surface area contributed by atoms with Crippen LogP contribution in [0, 0.1) is 17.0 Å². The molecule has 0 aliphatic rings. The molecule has 0 saturated heterocycles. The van der Waals surface area contributed by atoms with Gasteiger partial charge >= 0.3 is 0 Å². The van der Waals surface area contributed by atoms with Crippen LogP contribution < -0.4 is 5.32 Å². The molecule has 0 spiro atoms. The Balaban J connectivity index is 2.08. The van der Waals surface area contributed by atoms with E-state index in [1.165, 1.54) is 12.1 Å². The van der Waals surface area contributed by atoms with Gasteiger partial charge in [-0.2, -0.15) is 0 Å². The van der Waals surface area contributed by atoms with Crippen LogP contribution in [0.15, 0.2) is 30.5 Å². The van der Waals surface area contributed by atoms with Gasteiger partial charge in [-0.25, -0.2) is 9.97 Å². The van der Waals surface area contributed by atoms with E-state index in [0.29, 0.717) is 11.5 Å². The van der Waals surface area contributed by atoms with Crippen LogP contribution in [-0.2, 0) is 6.54 Å². The van der Waals surface area contributed by atoms with Gasteiger partial charge < -0.3 is 5.32 Å². The molecule has 1 heterocycles. The molecular weight excluding hydrogens is 296 g/mol. The fourth-order valence-electron chi connectivity index (χ4n) is 1.67. The largest absolute Gasteiger partial charge is 0.346 e. The second-order valence-corrected chi connectivity index (χ2v) is 4.61. The molecule has 0 saturated carbocycles. The Kier molecular flexibility index (Phi) is 4.44. The van der Waals surface area contributed by atoms with Crippen molar-refractivity contribution in [2.24, 2.45) is 0 Å². The third kappa shape index (κ3) is 3.73. The molecule has 0 atom stereocenters. The SMILES string of the molecule is Cc1nccc(CNC(=O)c2ccc([N+](=O)[O-])cc2Cl)n1. The van der Waals surface area contributed by atoms with Gasteiger partial charge in [0, 0.05) is 18.3 Å². The lowest BCUT2D eigenvalue weighted by Gasteiger charge is -2.06. The highest BCUT2D eigenvalue weighted by atomic mass is 35.5. The summed E-state index contributed by atoms with van der Waals surface area (Å²) >= 11 is 5.88. The topological polar surface area (TPSA) is 98.0 Å². The van der Waals surface area contributed by atoms with E-state index in [0.717, 1.165) is 6.07 Å². The van der Waals surface area contributed by atoms with Crippen molar-refractivity contribution in [3.63, 3.8) is 0 Å². The Labute approximate surface area is 125 Å². The highest BCUT2D eigenvalue weighted by molar-refractivity contribution is 6.34. The molecule has 0 fully saturated rings. The quantitative estimate of drug-likeness (QED) is 0.690. The second kappa shape index (κ2) is 6.27. The Morgan fingerprint density at radius 3 is 2.81 bits per heavy atom. The molecule has 1 aromatic carbocycles. The number of aryl methyl sites for hydroxylation is 1. The van der Waals surface area contributed by atoms with Crippen molar-refractivity contribution in [1.29, 1.82) is 0 Å². The summed E-state index contributed by atoms with van der Waals surface area (Å²) in [7, 11) is 0. The van der Waals surface area contributed by atoms with E-state index in [9.17, 15) is 14.9 Å². The summed E-state index contributed by atoms with van der Waals surface area (Å²) < 4.78 is 0. The molecule has 0 aliphatic carbocycles. The van der Waals surface area contributed by atoms with Crippen LogP contribution in [0.5, 0.6) is 0 Å². The number of hydrogen-bond donors (Lipinski definition) is 1. The van der Waals surface area contributed by atoms with Gasteiger partial charge in [-0.15, -0.1) is 0 Å². The van der Waals surface area contributed by atoms with Crippen LogP contribution in [-0.4, -0.2) is 20.8 Å². The number of carbonyl (C=O) groups is 1. The van der Waals surface area contributed by atoms with E-state index in [1.807, 2.05) is 0 Å². The maximum Gasteiger partial charge on any atom is 0.270 e.